The Bertz CT molecular complexity index is 704. The first kappa shape index (κ1) is 18.6. The summed E-state index contributed by atoms with van der Waals surface area (Å²) < 4.78 is 6.94. The molecule has 2 amide bonds. The Morgan fingerprint density at radius 3 is 2.44 bits per heavy atom. The maximum atomic E-state index is 12.2. The number of likely N-dealkylation sites (tertiary alicyclic amines) is 1. The summed E-state index contributed by atoms with van der Waals surface area (Å²) >= 11 is 0. The highest BCUT2D eigenvalue weighted by atomic mass is 16.6. The minimum absolute atomic E-state index is 0.0411. The lowest BCUT2D eigenvalue weighted by atomic mass is 9.85. The number of rotatable bonds is 3. The Labute approximate surface area is 146 Å². The minimum atomic E-state index is -0.665. The Morgan fingerprint density at radius 2 is 2.00 bits per heavy atom. The number of nitrogen functional groups attached to an aromatic ring is 1. The molecule has 136 valence electrons. The van der Waals surface area contributed by atoms with Gasteiger partial charge in [0, 0.05) is 19.3 Å². The highest BCUT2D eigenvalue weighted by Crippen LogP contribution is 2.34. The summed E-state index contributed by atoms with van der Waals surface area (Å²) in [6.45, 7) is 6.27. The molecule has 1 aliphatic rings. The van der Waals surface area contributed by atoms with Crippen molar-refractivity contribution in [3.05, 3.63) is 11.8 Å². The van der Waals surface area contributed by atoms with Crippen molar-refractivity contribution in [1.82, 2.24) is 14.7 Å². The van der Waals surface area contributed by atoms with Gasteiger partial charge in [-0.15, -0.1) is 0 Å². The number of ether oxygens (including phenoxy) is 1. The van der Waals surface area contributed by atoms with Crippen molar-refractivity contribution in [3.8, 4) is 6.07 Å². The van der Waals surface area contributed by atoms with Crippen molar-refractivity contribution in [2.75, 3.05) is 18.8 Å². The highest BCUT2D eigenvalue weighted by Gasteiger charge is 2.40. The first-order valence-electron chi connectivity index (χ1n) is 8.08. The second-order valence-corrected chi connectivity index (χ2v) is 7.26. The lowest BCUT2D eigenvalue weighted by molar-refractivity contribution is 0.0105. The van der Waals surface area contributed by atoms with E-state index in [-0.39, 0.29) is 23.9 Å². The number of primary amides is 1. The summed E-state index contributed by atoms with van der Waals surface area (Å²) in [5.74, 6) is -0.624. The summed E-state index contributed by atoms with van der Waals surface area (Å²) in [4.78, 5) is 25.2. The minimum Gasteiger partial charge on any atom is -0.444 e. The molecular weight excluding hydrogens is 324 g/mol. The number of amides is 2. The number of aromatic nitrogens is 2. The van der Waals surface area contributed by atoms with Crippen LogP contribution in [0.25, 0.3) is 0 Å². The van der Waals surface area contributed by atoms with E-state index in [1.807, 2.05) is 20.8 Å². The average molecular weight is 348 g/mol. The lowest BCUT2D eigenvalue weighted by Gasteiger charge is -2.40. The van der Waals surface area contributed by atoms with Gasteiger partial charge in [-0.2, -0.15) is 10.4 Å². The normalized spacial score (nSPS) is 17.0. The van der Waals surface area contributed by atoms with Crippen LogP contribution in [0.5, 0.6) is 0 Å². The quantitative estimate of drug-likeness (QED) is 0.841. The summed E-state index contributed by atoms with van der Waals surface area (Å²) in [5, 5.41) is 13.4. The van der Waals surface area contributed by atoms with Crippen molar-refractivity contribution in [1.29, 1.82) is 5.26 Å². The number of piperidine rings is 1. The molecule has 4 N–H and O–H groups in total. The number of anilines is 1. The smallest absolute Gasteiger partial charge is 0.410 e. The zero-order valence-electron chi connectivity index (χ0n) is 14.8. The van der Waals surface area contributed by atoms with Crippen molar-refractivity contribution in [2.45, 2.75) is 51.2 Å². The van der Waals surface area contributed by atoms with E-state index in [0.717, 1.165) is 0 Å². The second-order valence-electron chi connectivity index (χ2n) is 7.26. The van der Waals surface area contributed by atoms with Crippen LogP contribution in [0.1, 0.15) is 50.4 Å². The summed E-state index contributed by atoms with van der Waals surface area (Å²) in [7, 11) is 0. The van der Waals surface area contributed by atoms with Crippen LogP contribution in [-0.2, 0) is 10.3 Å². The molecule has 9 nitrogen and oxygen atoms in total. The van der Waals surface area contributed by atoms with E-state index in [2.05, 4.69) is 11.2 Å². The number of carbonyl (C=O) groups is 2. The molecule has 25 heavy (non-hydrogen) atoms. The first-order valence-corrected chi connectivity index (χ1v) is 8.08. The van der Waals surface area contributed by atoms with E-state index >= 15 is 0 Å². The molecule has 0 radical (unpaired) electrons. The van der Waals surface area contributed by atoms with Crippen LogP contribution in [-0.4, -0.2) is 45.4 Å². The van der Waals surface area contributed by atoms with E-state index < -0.39 is 17.0 Å². The number of nitriles is 1. The van der Waals surface area contributed by atoms with E-state index in [1.165, 1.54) is 6.20 Å². The van der Waals surface area contributed by atoms with Gasteiger partial charge < -0.3 is 21.1 Å². The third-order valence-corrected chi connectivity index (χ3v) is 4.25. The van der Waals surface area contributed by atoms with Gasteiger partial charge in [-0.3, -0.25) is 9.48 Å². The number of nitrogens with zero attached hydrogens (tertiary/aromatic N) is 4. The molecule has 2 heterocycles. The Morgan fingerprint density at radius 1 is 1.40 bits per heavy atom. The molecule has 1 aliphatic heterocycles. The average Bonchev–Trinajstić information content (AvgIpc) is 2.89. The summed E-state index contributed by atoms with van der Waals surface area (Å²) in [6, 6.07) is 2.16. The van der Waals surface area contributed by atoms with Crippen LogP contribution in [0.3, 0.4) is 0 Å². The summed E-state index contributed by atoms with van der Waals surface area (Å²) in [5.41, 5.74) is 9.97. The van der Waals surface area contributed by atoms with Gasteiger partial charge >= 0.3 is 6.09 Å². The molecule has 1 aromatic heterocycles. The van der Waals surface area contributed by atoms with Crippen molar-refractivity contribution >= 4 is 17.8 Å². The standard InChI is InChI=1S/C16H24N6O3/c1-15(2,3)25-14(24)21-8-5-16(4-7-17,6-9-21)22-10-11(13(19)23)12(18)20-22/h10H,4-6,8-9H2,1-3H3,(H2,18,20)(H2,19,23). The van der Waals surface area contributed by atoms with Crippen LogP contribution in [0.4, 0.5) is 10.6 Å². The fraction of sp³-hybridized carbons (Fsp3) is 0.625. The third-order valence-electron chi connectivity index (χ3n) is 4.25. The van der Waals surface area contributed by atoms with Crippen molar-refractivity contribution in [3.63, 3.8) is 0 Å². The van der Waals surface area contributed by atoms with Gasteiger partial charge in [-0.25, -0.2) is 4.79 Å². The maximum Gasteiger partial charge on any atom is 0.410 e. The van der Waals surface area contributed by atoms with Crippen LogP contribution in [0.15, 0.2) is 6.20 Å². The number of hydrogen-bond donors (Lipinski definition) is 2. The van der Waals surface area contributed by atoms with E-state index in [1.54, 1.807) is 9.58 Å². The fourth-order valence-electron chi connectivity index (χ4n) is 2.89. The van der Waals surface area contributed by atoms with Crippen LogP contribution in [0.2, 0.25) is 0 Å². The Kier molecular flexibility index (Phi) is 4.92. The zero-order chi connectivity index (χ0) is 18.8. The molecular formula is C16H24N6O3. The van der Waals surface area contributed by atoms with Gasteiger partial charge in [0.05, 0.1) is 18.0 Å². The SMILES string of the molecule is CC(C)(C)OC(=O)N1CCC(CC#N)(n2cc(C(N)=O)c(N)n2)CC1. The lowest BCUT2D eigenvalue weighted by Crippen LogP contribution is -2.49. The zero-order valence-corrected chi connectivity index (χ0v) is 14.8. The summed E-state index contributed by atoms with van der Waals surface area (Å²) in [6.07, 6.45) is 2.29. The van der Waals surface area contributed by atoms with Gasteiger partial charge in [0.2, 0.25) is 0 Å². The molecule has 0 atom stereocenters. The predicted octanol–water partition coefficient (Wildman–Crippen LogP) is 1.20. The van der Waals surface area contributed by atoms with Gasteiger partial charge in [0.1, 0.15) is 11.2 Å². The number of nitrogens with two attached hydrogens (primary N) is 2. The molecule has 1 aromatic rings. The fourth-order valence-corrected chi connectivity index (χ4v) is 2.89. The maximum absolute atomic E-state index is 12.2. The van der Waals surface area contributed by atoms with Gasteiger partial charge in [0.15, 0.2) is 5.82 Å². The first-order chi connectivity index (χ1) is 11.6. The molecule has 0 spiro atoms. The van der Waals surface area contributed by atoms with Crippen LogP contribution < -0.4 is 11.5 Å². The predicted molar refractivity (Wildman–Crippen MR) is 90.4 cm³/mol. The number of carbonyl (C=O) groups excluding carboxylic acids is 2. The van der Waals surface area contributed by atoms with Gasteiger partial charge in [-0.05, 0) is 33.6 Å². The van der Waals surface area contributed by atoms with Crippen molar-refractivity contribution in [2.24, 2.45) is 5.73 Å². The monoisotopic (exact) mass is 348 g/mol. The largest absolute Gasteiger partial charge is 0.444 e. The van der Waals surface area contributed by atoms with E-state index in [9.17, 15) is 14.9 Å². The molecule has 0 unspecified atom stereocenters. The van der Waals surface area contributed by atoms with Crippen molar-refractivity contribution < 1.29 is 14.3 Å². The van der Waals surface area contributed by atoms with Crippen LogP contribution >= 0.6 is 0 Å². The van der Waals surface area contributed by atoms with E-state index in [4.69, 9.17) is 16.2 Å². The molecule has 9 heteroatoms. The van der Waals surface area contributed by atoms with Gasteiger partial charge in [0.25, 0.3) is 5.91 Å². The Balaban J connectivity index is 2.19. The molecule has 1 saturated heterocycles. The third kappa shape index (κ3) is 4.02. The van der Waals surface area contributed by atoms with Gasteiger partial charge in [-0.1, -0.05) is 0 Å². The molecule has 0 aliphatic carbocycles. The topological polar surface area (TPSA) is 140 Å². The molecule has 2 rings (SSSR count). The molecule has 0 saturated carbocycles. The van der Waals surface area contributed by atoms with E-state index in [0.29, 0.717) is 25.9 Å². The second kappa shape index (κ2) is 6.63. The highest BCUT2D eigenvalue weighted by molar-refractivity contribution is 5.96. The number of hydrogen-bond acceptors (Lipinski definition) is 6. The Hall–Kier alpha value is -2.76. The molecule has 0 bridgehead atoms. The molecule has 1 fully saturated rings. The molecule has 0 aromatic carbocycles. The van der Waals surface area contributed by atoms with Crippen LogP contribution in [0, 0.1) is 11.3 Å².